The van der Waals surface area contributed by atoms with E-state index in [1.807, 2.05) is 0 Å². The Bertz CT molecular complexity index is 1670. The number of fused-ring (bicyclic) bond motifs is 2. The molecule has 0 saturated carbocycles. The van der Waals surface area contributed by atoms with Gasteiger partial charge in [-0.2, -0.15) is 0 Å². The van der Waals surface area contributed by atoms with Crippen molar-refractivity contribution < 1.29 is 0 Å². The average Bonchev–Trinajstić information content (AvgIpc) is 3.34. The zero-order valence-electron chi connectivity index (χ0n) is 19.9. The average molecular weight is 457 g/mol. The fourth-order valence-electron chi connectivity index (χ4n) is 5.38. The summed E-state index contributed by atoms with van der Waals surface area (Å²) < 4.78 is 0. The van der Waals surface area contributed by atoms with Crippen molar-refractivity contribution in [3.63, 3.8) is 0 Å². The van der Waals surface area contributed by atoms with Crippen LogP contribution in [0.1, 0.15) is 33.4 Å². The molecule has 5 aromatic carbocycles. The van der Waals surface area contributed by atoms with Crippen LogP contribution >= 0.6 is 0 Å². The van der Waals surface area contributed by atoms with Crippen LogP contribution in [0.3, 0.4) is 0 Å². The first-order chi connectivity index (χ1) is 17.9. The second-order valence-corrected chi connectivity index (χ2v) is 9.35. The molecule has 0 amide bonds. The van der Waals surface area contributed by atoms with E-state index in [1.165, 1.54) is 66.4 Å². The molecule has 0 bridgehead atoms. The molecule has 7 rings (SSSR count). The van der Waals surface area contributed by atoms with Crippen LogP contribution < -0.4 is 0 Å². The van der Waals surface area contributed by atoms with Gasteiger partial charge < -0.3 is 0 Å². The van der Waals surface area contributed by atoms with Crippen LogP contribution in [0.4, 0.5) is 0 Å². The summed E-state index contributed by atoms with van der Waals surface area (Å²) in [5.74, 6) is 0. The first-order valence-electron chi connectivity index (χ1n) is 12.5. The predicted molar refractivity (Wildman–Crippen MR) is 153 cm³/mol. The zero-order valence-corrected chi connectivity index (χ0v) is 19.9. The standard InChI is InChI=1S/C36H24/c1-3-11-25(12-4-1)34(26-15-7-8-16-26)28-19-21-29(22-20-28)35(27-13-5-2-6-14-27)36-32-23-30-17-9-10-18-31(30)24-33(32)36/h1-24H. The van der Waals surface area contributed by atoms with Crippen molar-refractivity contribution in [3.05, 3.63) is 185 Å². The third kappa shape index (κ3) is 3.56. The summed E-state index contributed by atoms with van der Waals surface area (Å²) in [5.41, 5.74) is 12.9. The molecular formula is C36H24. The fraction of sp³-hybridized carbons (Fsp3) is 0. The molecule has 36 heavy (non-hydrogen) atoms. The lowest BCUT2D eigenvalue weighted by atomic mass is 9.90. The van der Waals surface area contributed by atoms with Gasteiger partial charge in [0.25, 0.3) is 0 Å². The van der Waals surface area contributed by atoms with Crippen LogP contribution in [-0.2, 0) is 0 Å². The van der Waals surface area contributed by atoms with Crippen LogP contribution in [0.25, 0.3) is 27.5 Å². The van der Waals surface area contributed by atoms with Crippen LogP contribution in [0.15, 0.2) is 151 Å². The second kappa shape index (κ2) is 8.52. The largest absolute Gasteiger partial charge is 0.0622 e. The van der Waals surface area contributed by atoms with Crippen molar-refractivity contribution in [2.75, 3.05) is 0 Å². The van der Waals surface area contributed by atoms with E-state index in [1.54, 1.807) is 0 Å². The van der Waals surface area contributed by atoms with Crippen molar-refractivity contribution in [1.82, 2.24) is 0 Å². The zero-order chi connectivity index (χ0) is 23.9. The van der Waals surface area contributed by atoms with Gasteiger partial charge in [-0.15, -0.1) is 0 Å². The molecular weight excluding hydrogens is 432 g/mol. The van der Waals surface area contributed by atoms with Crippen molar-refractivity contribution in [3.8, 4) is 0 Å². The van der Waals surface area contributed by atoms with Crippen molar-refractivity contribution in [2.45, 2.75) is 0 Å². The summed E-state index contributed by atoms with van der Waals surface area (Å²) in [5, 5.41) is 2.59. The normalized spacial score (nSPS) is 13.2. The molecule has 2 aliphatic carbocycles. The minimum Gasteiger partial charge on any atom is -0.0622 e. The lowest BCUT2D eigenvalue weighted by Crippen LogP contribution is -1.93. The molecule has 0 fully saturated rings. The van der Waals surface area contributed by atoms with Gasteiger partial charge in [0.2, 0.25) is 0 Å². The van der Waals surface area contributed by atoms with E-state index in [0.717, 1.165) is 0 Å². The maximum atomic E-state index is 2.34. The molecule has 0 radical (unpaired) electrons. The molecule has 0 saturated heterocycles. The Labute approximate surface area is 211 Å². The quantitative estimate of drug-likeness (QED) is 0.248. The van der Waals surface area contributed by atoms with E-state index in [0.29, 0.717) is 0 Å². The maximum absolute atomic E-state index is 2.34. The molecule has 0 heteroatoms. The maximum Gasteiger partial charge on any atom is -0.00139 e. The molecule has 0 atom stereocenters. The summed E-state index contributed by atoms with van der Waals surface area (Å²) in [4.78, 5) is 0. The predicted octanol–water partition coefficient (Wildman–Crippen LogP) is 9.09. The molecule has 0 nitrogen and oxygen atoms in total. The van der Waals surface area contributed by atoms with Gasteiger partial charge in [-0.1, -0.05) is 133 Å². The molecule has 168 valence electrons. The Kier molecular flexibility index (Phi) is 4.89. The second-order valence-electron chi connectivity index (χ2n) is 9.35. The number of rotatable bonds is 4. The highest BCUT2D eigenvalue weighted by Gasteiger charge is 2.30. The lowest BCUT2D eigenvalue weighted by molar-refractivity contribution is 1.49. The topological polar surface area (TPSA) is 0 Å². The van der Waals surface area contributed by atoms with Gasteiger partial charge in [-0.3, -0.25) is 0 Å². The number of hydrogen-bond donors (Lipinski definition) is 0. The van der Waals surface area contributed by atoms with E-state index in [2.05, 4.69) is 146 Å². The summed E-state index contributed by atoms with van der Waals surface area (Å²) in [6.45, 7) is 0. The fourth-order valence-corrected chi connectivity index (χ4v) is 5.38. The number of benzene rings is 5. The van der Waals surface area contributed by atoms with Gasteiger partial charge in [0.05, 0.1) is 0 Å². The minimum atomic E-state index is 1.23. The first-order valence-corrected chi connectivity index (χ1v) is 12.5. The first kappa shape index (κ1) is 20.7. The third-order valence-electron chi connectivity index (χ3n) is 7.15. The smallest absolute Gasteiger partial charge is 0.00139 e. The van der Waals surface area contributed by atoms with Crippen LogP contribution in [0.2, 0.25) is 0 Å². The van der Waals surface area contributed by atoms with E-state index in [9.17, 15) is 0 Å². The Balaban J connectivity index is 1.37. The Morgan fingerprint density at radius 3 is 1.33 bits per heavy atom. The highest BCUT2D eigenvalue weighted by atomic mass is 14.3. The molecule has 5 aromatic rings. The third-order valence-corrected chi connectivity index (χ3v) is 7.15. The Morgan fingerprint density at radius 1 is 0.389 bits per heavy atom. The molecule has 0 aliphatic heterocycles. The van der Waals surface area contributed by atoms with E-state index >= 15 is 0 Å². The van der Waals surface area contributed by atoms with Crippen molar-refractivity contribution >= 4 is 27.5 Å². The SMILES string of the molecule is C1=CC(=C(c2ccccc2)c2ccc(C(=C3c4cc5ccccc5cc43)c3ccccc3)cc2)C=C1. The van der Waals surface area contributed by atoms with Gasteiger partial charge in [-0.25, -0.2) is 0 Å². The van der Waals surface area contributed by atoms with Gasteiger partial charge in [0, 0.05) is 0 Å². The Morgan fingerprint density at radius 2 is 0.806 bits per heavy atom. The van der Waals surface area contributed by atoms with Gasteiger partial charge >= 0.3 is 0 Å². The minimum absolute atomic E-state index is 1.23. The lowest BCUT2D eigenvalue weighted by Gasteiger charge is -2.14. The highest BCUT2D eigenvalue weighted by molar-refractivity contribution is 6.18. The molecule has 0 heterocycles. The van der Waals surface area contributed by atoms with Gasteiger partial charge in [0.1, 0.15) is 0 Å². The van der Waals surface area contributed by atoms with Crippen LogP contribution in [-0.4, -0.2) is 0 Å². The summed E-state index contributed by atoms with van der Waals surface area (Å²) in [6.07, 6.45) is 8.61. The number of hydrogen-bond acceptors (Lipinski definition) is 0. The Hall–Kier alpha value is -4.68. The molecule has 0 N–H and O–H groups in total. The molecule has 0 unspecified atom stereocenters. The van der Waals surface area contributed by atoms with E-state index in [4.69, 9.17) is 0 Å². The van der Waals surface area contributed by atoms with E-state index < -0.39 is 0 Å². The monoisotopic (exact) mass is 456 g/mol. The van der Waals surface area contributed by atoms with Crippen molar-refractivity contribution in [2.24, 2.45) is 0 Å². The van der Waals surface area contributed by atoms with Crippen molar-refractivity contribution in [1.29, 1.82) is 0 Å². The van der Waals surface area contributed by atoms with Gasteiger partial charge in [-0.05, 0) is 78.6 Å². The van der Waals surface area contributed by atoms with Crippen LogP contribution in [0.5, 0.6) is 0 Å². The summed E-state index contributed by atoms with van der Waals surface area (Å²) >= 11 is 0. The molecule has 2 aliphatic rings. The highest BCUT2D eigenvalue weighted by Crippen LogP contribution is 2.51. The van der Waals surface area contributed by atoms with Crippen LogP contribution in [0, 0.1) is 0 Å². The van der Waals surface area contributed by atoms with Gasteiger partial charge in [0.15, 0.2) is 0 Å². The molecule has 0 spiro atoms. The summed E-state index contributed by atoms with van der Waals surface area (Å²) in [7, 11) is 0. The summed E-state index contributed by atoms with van der Waals surface area (Å²) in [6, 6.07) is 43.9. The number of allylic oxidation sites excluding steroid dienone is 5. The van der Waals surface area contributed by atoms with E-state index in [-0.39, 0.29) is 0 Å². The molecule has 0 aromatic heterocycles.